The molecule has 0 fully saturated rings. The van der Waals surface area contributed by atoms with Crippen LogP contribution in [0.4, 0.5) is 34.5 Å². The van der Waals surface area contributed by atoms with Crippen molar-refractivity contribution in [2.75, 3.05) is 92.5 Å². The van der Waals surface area contributed by atoms with Gasteiger partial charge in [0.15, 0.2) is 47.8 Å². The number of ether oxygens (including phenoxy) is 10. The number of aryl methyl sites for hydroxylation is 2. The van der Waals surface area contributed by atoms with Crippen LogP contribution in [0.25, 0.3) is 0 Å². The zero-order chi connectivity index (χ0) is 48.5. The fourth-order valence-corrected chi connectivity index (χ4v) is 5.01. The van der Waals surface area contributed by atoms with Crippen LogP contribution in [-0.4, -0.2) is 119 Å². The second-order valence-corrected chi connectivity index (χ2v) is 12.8. The van der Waals surface area contributed by atoms with Crippen molar-refractivity contribution in [1.82, 2.24) is 0 Å². The molecule has 2 aromatic heterocycles. The summed E-state index contributed by atoms with van der Waals surface area (Å²) in [6, 6.07) is 22.1. The molecule has 0 unspecified atom stereocenters. The normalized spacial score (nSPS) is 14.4. The van der Waals surface area contributed by atoms with Gasteiger partial charge >= 0.3 is 26.4 Å². The quantitative estimate of drug-likeness (QED) is 0.0827. The SMILES string of the molecule is CCOC(=O)c1cc[n+](CC[n+]2ccc(C(=O)OCC)cc2)cc1.F[B-](F)(F)F.F[B-](F)(F)F.c1ccc2c(c1)OCCOCCOCCOc1ccccc1OCCOCCOCCO2. The van der Waals surface area contributed by atoms with Crippen LogP contribution >= 0.6 is 0 Å². The molecule has 14 nitrogen and oxygen atoms in total. The van der Waals surface area contributed by atoms with E-state index < -0.39 is 14.5 Å². The molecule has 366 valence electrons. The summed E-state index contributed by atoms with van der Waals surface area (Å²) < 4.78 is 137. The number of pyridine rings is 2. The summed E-state index contributed by atoms with van der Waals surface area (Å²) in [6.07, 6.45) is 7.39. The van der Waals surface area contributed by atoms with Crippen LogP contribution < -0.4 is 28.1 Å². The summed E-state index contributed by atoms with van der Waals surface area (Å²) in [5.41, 5.74) is 1.08. The van der Waals surface area contributed by atoms with E-state index in [-0.39, 0.29) is 11.9 Å². The van der Waals surface area contributed by atoms with Crippen molar-refractivity contribution < 1.29 is 101 Å². The van der Waals surface area contributed by atoms with Crippen molar-refractivity contribution >= 4 is 26.4 Å². The van der Waals surface area contributed by atoms with Crippen LogP contribution in [0.5, 0.6) is 23.0 Å². The number of carbonyl (C=O) groups is 2. The molecule has 1 aliphatic heterocycles. The Kier molecular flexibility index (Phi) is 28.1. The second kappa shape index (κ2) is 32.9. The number of aromatic nitrogens is 2. The van der Waals surface area contributed by atoms with E-state index in [1.807, 2.05) is 82.5 Å². The molecular formula is C42H54B2F8N2O12. The van der Waals surface area contributed by atoms with Gasteiger partial charge in [-0.05, 0) is 38.1 Å². The van der Waals surface area contributed by atoms with Gasteiger partial charge in [0.2, 0.25) is 13.1 Å². The Morgan fingerprint density at radius 3 is 0.894 bits per heavy atom. The minimum absolute atomic E-state index is 0.312. The molecule has 0 atom stereocenters. The van der Waals surface area contributed by atoms with Crippen molar-refractivity contribution in [2.45, 2.75) is 26.9 Å². The number of para-hydroxylation sites is 4. The van der Waals surface area contributed by atoms with Gasteiger partial charge in [0.05, 0.1) is 77.2 Å². The van der Waals surface area contributed by atoms with Gasteiger partial charge in [0.1, 0.15) is 26.4 Å². The number of esters is 2. The van der Waals surface area contributed by atoms with E-state index in [4.69, 9.17) is 47.4 Å². The van der Waals surface area contributed by atoms with Crippen molar-refractivity contribution in [3.05, 3.63) is 109 Å². The maximum atomic E-state index is 11.6. The molecule has 3 heterocycles. The highest BCUT2D eigenvalue weighted by molar-refractivity contribution is 6.50. The first-order valence-electron chi connectivity index (χ1n) is 20.6. The third kappa shape index (κ3) is 29.0. The highest BCUT2D eigenvalue weighted by Crippen LogP contribution is 2.27. The van der Waals surface area contributed by atoms with E-state index in [0.29, 0.717) is 127 Å². The van der Waals surface area contributed by atoms with Crippen molar-refractivity contribution in [3.8, 4) is 23.0 Å². The Labute approximate surface area is 377 Å². The number of rotatable bonds is 7. The molecule has 0 N–H and O–H groups in total. The molecule has 0 bridgehead atoms. The predicted molar refractivity (Wildman–Crippen MR) is 224 cm³/mol. The predicted octanol–water partition coefficient (Wildman–Crippen LogP) is 6.90. The lowest BCUT2D eigenvalue weighted by atomic mass is 10.2. The van der Waals surface area contributed by atoms with Crippen LogP contribution in [0, 0.1) is 0 Å². The summed E-state index contributed by atoms with van der Waals surface area (Å²) in [6.45, 7) is 11.3. The van der Waals surface area contributed by atoms with Crippen LogP contribution in [0.1, 0.15) is 34.6 Å². The van der Waals surface area contributed by atoms with E-state index in [9.17, 15) is 44.1 Å². The zero-order valence-electron chi connectivity index (χ0n) is 36.5. The Morgan fingerprint density at radius 2 is 0.667 bits per heavy atom. The van der Waals surface area contributed by atoms with Gasteiger partial charge in [-0.3, -0.25) is 0 Å². The van der Waals surface area contributed by atoms with E-state index in [1.54, 1.807) is 38.1 Å². The fraction of sp³-hybridized carbons (Fsp3) is 0.429. The first-order valence-corrected chi connectivity index (χ1v) is 20.6. The summed E-state index contributed by atoms with van der Waals surface area (Å²) in [5, 5.41) is 0. The average Bonchev–Trinajstić information content (AvgIpc) is 3.27. The highest BCUT2D eigenvalue weighted by atomic mass is 19.5. The van der Waals surface area contributed by atoms with Gasteiger partial charge in [-0.1, -0.05) is 24.3 Å². The molecule has 66 heavy (non-hydrogen) atoms. The van der Waals surface area contributed by atoms with Gasteiger partial charge in [0, 0.05) is 24.3 Å². The van der Waals surface area contributed by atoms with E-state index in [0.717, 1.165) is 13.1 Å². The molecule has 24 heteroatoms. The van der Waals surface area contributed by atoms with Crippen LogP contribution in [0.15, 0.2) is 97.6 Å². The lowest BCUT2D eigenvalue weighted by molar-refractivity contribution is -0.778. The minimum Gasteiger partial charge on any atom is -0.487 e. The standard InChI is InChI=1S/C24H32O8.C18H22N2O4.2BF4/c1-2-6-22-21(5-1)29-17-13-25-9-10-27-15-19-31-23-7-3-4-8-24(23)32-20-16-28-12-11-26-14-18-30-22;1-3-23-17(21)15-5-9-19(10-6-15)13-14-20-11-7-16(8-12-20)18(22)24-4-2;2*2-1(3,4)5/h1-8H,9-20H2;5-12H,3-4,13-14H2,1-2H3;;/q;+2;2*-1. The third-order valence-corrected chi connectivity index (χ3v) is 7.80. The average molecular weight is 953 g/mol. The highest BCUT2D eigenvalue weighted by Gasteiger charge is 2.21. The molecule has 5 rings (SSSR count). The molecule has 0 saturated heterocycles. The molecule has 0 spiro atoms. The fourth-order valence-electron chi connectivity index (χ4n) is 5.01. The number of nitrogens with zero attached hydrogens (tertiary/aromatic N) is 2. The maximum Gasteiger partial charge on any atom is 0.673 e. The summed E-state index contributed by atoms with van der Waals surface area (Å²) >= 11 is 0. The zero-order valence-corrected chi connectivity index (χ0v) is 36.5. The molecule has 0 amide bonds. The largest absolute Gasteiger partial charge is 0.673 e. The van der Waals surface area contributed by atoms with Crippen molar-refractivity contribution in [2.24, 2.45) is 0 Å². The number of carbonyl (C=O) groups excluding carboxylic acids is 2. The van der Waals surface area contributed by atoms with Crippen LogP contribution in [0.3, 0.4) is 0 Å². The molecule has 0 aliphatic carbocycles. The van der Waals surface area contributed by atoms with E-state index in [1.165, 1.54) is 0 Å². The van der Waals surface area contributed by atoms with Gasteiger partial charge in [-0.25, -0.2) is 9.59 Å². The third-order valence-electron chi connectivity index (χ3n) is 7.80. The lowest BCUT2D eigenvalue weighted by Gasteiger charge is -2.14. The number of hydrogen-bond donors (Lipinski definition) is 0. The van der Waals surface area contributed by atoms with Crippen molar-refractivity contribution in [3.63, 3.8) is 0 Å². The van der Waals surface area contributed by atoms with Gasteiger partial charge in [-0.15, -0.1) is 0 Å². The lowest BCUT2D eigenvalue weighted by Crippen LogP contribution is -2.44. The molecule has 0 saturated carbocycles. The minimum atomic E-state index is -6.00. The number of hydrogen-bond acceptors (Lipinski definition) is 12. The molecule has 0 radical (unpaired) electrons. The van der Waals surface area contributed by atoms with E-state index >= 15 is 0 Å². The topological polar surface area (TPSA) is 134 Å². The van der Waals surface area contributed by atoms with Crippen molar-refractivity contribution in [1.29, 1.82) is 0 Å². The smallest absolute Gasteiger partial charge is 0.487 e. The summed E-state index contributed by atoms with van der Waals surface area (Å²) in [7, 11) is -12.0. The number of fused-ring (bicyclic) bond motifs is 2. The molecule has 1 aliphatic rings. The Balaban J connectivity index is 0.000000386. The first kappa shape index (κ1) is 56.4. The Bertz CT molecular complexity index is 1710. The van der Waals surface area contributed by atoms with E-state index in [2.05, 4.69) is 0 Å². The first-order chi connectivity index (χ1) is 31.6. The number of halogens is 8. The van der Waals surface area contributed by atoms with Crippen LogP contribution in [0.2, 0.25) is 0 Å². The second-order valence-electron chi connectivity index (χ2n) is 12.8. The monoisotopic (exact) mass is 952 g/mol. The summed E-state index contributed by atoms with van der Waals surface area (Å²) in [5.74, 6) is 2.11. The van der Waals surface area contributed by atoms with Gasteiger partial charge in [0.25, 0.3) is 0 Å². The molecular weight excluding hydrogens is 898 g/mol. The summed E-state index contributed by atoms with van der Waals surface area (Å²) in [4.78, 5) is 23.2. The molecule has 4 aromatic rings. The molecule has 2 aromatic carbocycles. The van der Waals surface area contributed by atoms with Gasteiger partial charge < -0.3 is 81.9 Å². The van der Waals surface area contributed by atoms with Gasteiger partial charge in [-0.2, -0.15) is 9.13 Å². The number of benzene rings is 2. The maximum absolute atomic E-state index is 11.6. The Morgan fingerprint density at radius 1 is 0.439 bits per heavy atom. The Hall–Kier alpha value is -5.71. The van der Waals surface area contributed by atoms with Crippen LogP contribution in [-0.2, 0) is 41.5 Å².